The van der Waals surface area contributed by atoms with Crippen LogP contribution in [0.15, 0.2) is 18.2 Å². The molecular weight excluding hydrogens is 252 g/mol. The fourth-order valence-electron chi connectivity index (χ4n) is 1.36. The van der Waals surface area contributed by atoms with Gasteiger partial charge in [-0.3, -0.25) is 4.79 Å². The average molecular weight is 271 g/mol. The largest absolute Gasteiger partial charge is 0.506 e. The van der Waals surface area contributed by atoms with Gasteiger partial charge >= 0.3 is 0 Å². The lowest BCUT2D eigenvalue weighted by molar-refractivity contribution is -0.116. The van der Waals surface area contributed by atoms with Gasteiger partial charge in [0.05, 0.1) is 5.02 Å². The Labute approximate surface area is 112 Å². The summed E-state index contributed by atoms with van der Waals surface area (Å²) in [7, 11) is 0. The Kier molecular flexibility index (Phi) is 4.99. The molecule has 100 valence electrons. The number of anilines is 1. The summed E-state index contributed by atoms with van der Waals surface area (Å²) in [4.78, 5) is 11.6. The lowest BCUT2D eigenvalue weighted by atomic mass is 10.1. The first kappa shape index (κ1) is 14.8. The number of hydrogen-bond donors (Lipinski definition) is 3. The van der Waals surface area contributed by atoms with Gasteiger partial charge in [0.25, 0.3) is 0 Å². The van der Waals surface area contributed by atoms with Gasteiger partial charge < -0.3 is 15.7 Å². The van der Waals surface area contributed by atoms with E-state index >= 15 is 0 Å². The molecule has 3 N–H and O–H groups in total. The van der Waals surface area contributed by atoms with E-state index in [1.807, 2.05) is 20.8 Å². The Morgan fingerprint density at radius 3 is 2.61 bits per heavy atom. The topological polar surface area (TPSA) is 61.4 Å². The van der Waals surface area contributed by atoms with E-state index in [4.69, 9.17) is 11.6 Å². The van der Waals surface area contributed by atoms with Gasteiger partial charge in [0.15, 0.2) is 0 Å². The van der Waals surface area contributed by atoms with Crippen LogP contribution < -0.4 is 10.6 Å². The van der Waals surface area contributed by atoms with Crippen LogP contribution in [0.4, 0.5) is 5.69 Å². The van der Waals surface area contributed by atoms with Crippen molar-refractivity contribution in [3.63, 3.8) is 0 Å². The van der Waals surface area contributed by atoms with Crippen molar-refractivity contribution in [2.45, 2.75) is 32.7 Å². The average Bonchev–Trinajstić information content (AvgIpc) is 2.21. The first-order valence-corrected chi connectivity index (χ1v) is 6.19. The molecule has 0 saturated carbocycles. The minimum Gasteiger partial charge on any atom is -0.506 e. The predicted molar refractivity (Wildman–Crippen MR) is 74.1 cm³/mol. The molecule has 1 amide bonds. The van der Waals surface area contributed by atoms with E-state index in [-0.39, 0.29) is 22.2 Å². The molecule has 5 heteroatoms. The lowest BCUT2D eigenvalue weighted by Crippen LogP contribution is -2.37. The molecule has 0 aromatic heterocycles. The normalized spacial score (nSPS) is 11.3. The van der Waals surface area contributed by atoms with Gasteiger partial charge in [0.2, 0.25) is 5.91 Å². The Morgan fingerprint density at radius 2 is 2.06 bits per heavy atom. The van der Waals surface area contributed by atoms with Gasteiger partial charge in [-0.15, -0.1) is 0 Å². The highest BCUT2D eigenvalue weighted by atomic mass is 35.5. The molecule has 18 heavy (non-hydrogen) atoms. The van der Waals surface area contributed by atoms with E-state index in [1.165, 1.54) is 12.1 Å². The highest BCUT2D eigenvalue weighted by Gasteiger charge is 2.10. The second-order valence-corrected chi connectivity index (χ2v) is 5.55. The number of halogens is 1. The van der Waals surface area contributed by atoms with Gasteiger partial charge in [-0.05, 0) is 39.0 Å². The summed E-state index contributed by atoms with van der Waals surface area (Å²) in [6, 6.07) is 4.58. The monoisotopic (exact) mass is 270 g/mol. The van der Waals surface area contributed by atoms with Crippen molar-refractivity contribution in [1.29, 1.82) is 0 Å². The summed E-state index contributed by atoms with van der Waals surface area (Å²) < 4.78 is 0. The van der Waals surface area contributed by atoms with E-state index in [1.54, 1.807) is 6.07 Å². The molecular formula is C13H19ClN2O2. The number of aromatic hydroxyl groups is 1. The van der Waals surface area contributed by atoms with E-state index < -0.39 is 0 Å². The maximum atomic E-state index is 11.6. The number of nitrogens with one attached hydrogen (secondary N) is 2. The van der Waals surface area contributed by atoms with Gasteiger partial charge in [0, 0.05) is 24.2 Å². The number of rotatable bonds is 4. The molecule has 0 saturated heterocycles. The summed E-state index contributed by atoms with van der Waals surface area (Å²) in [5.74, 6) is -0.0856. The smallest absolute Gasteiger partial charge is 0.225 e. The first-order chi connectivity index (χ1) is 8.28. The van der Waals surface area contributed by atoms with Gasteiger partial charge in [-0.2, -0.15) is 0 Å². The predicted octanol–water partition coefficient (Wildman–Crippen LogP) is 2.76. The number of phenolic OH excluding ortho intramolecular Hbond substituents is 1. The van der Waals surface area contributed by atoms with Crippen LogP contribution in [0, 0.1) is 0 Å². The van der Waals surface area contributed by atoms with Gasteiger partial charge in [-0.1, -0.05) is 11.6 Å². The van der Waals surface area contributed by atoms with Crippen LogP contribution in [-0.4, -0.2) is 23.1 Å². The third-order valence-corrected chi connectivity index (χ3v) is 2.54. The Bertz CT molecular complexity index is 427. The maximum Gasteiger partial charge on any atom is 0.225 e. The fraction of sp³-hybridized carbons (Fsp3) is 0.462. The van der Waals surface area contributed by atoms with Crippen LogP contribution >= 0.6 is 11.6 Å². The van der Waals surface area contributed by atoms with Crippen molar-refractivity contribution in [2.75, 3.05) is 11.9 Å². The molecule has 0 aliphatic heterocycles. The second-order valence-electron chi connectivity index (χ2n) is 5.14. The molecule has 0 spiro atoms. The first-order valence-electron chi connectivity index (χ1n) is 5.81. The van der Waals surface area contributed by atoms with E-state index in [2.05, 4.69) is 10.6 Å². The summed E-state index contributed by atoms with van der Waals surface area (Å²) >= 11 is 5.75. The zero-order chi connectivity index (χ0) is 13.8. The number of carbonyl (C=O) groups is 1. The maximum absolute atomic E-state index is 11.6. The molecule has 1 rings (SSSR count). The molecule has 0 unspecified atom stereocenters. The van der Waals surface area contributed by atoms with Crippen LogP contribution in [-0.2, 0) is 4.79 Å². The van der Waals surface area contributed by atoms with Gasteiger partial charge in [-0.25, -0.2) is 0 Å². The summed E-state index contributed by atoms with van der Waals surface area (Å²) in [6.07, 6.45) is 0.385. The Morgan fingerprint density at radius 1 is 1.39 bits per heavy atom. The Balaban J connectivity index is 2.42. The summed E-state index contributed by atoms with van der Waals surface area (Å²) in [5.41, 5.74) is 0.584. The number of amides is 1. The standard InChI is InChI=1S/C13H19ClN2O2/c1-13(2,3)15-7-6-12(18)16-9-4-5-11(17)10(14)8-9/h4-5,8,15,17H,6-7H2,1-3H3,(H,16,18). The molecule has 1 aromatic carbocycles. The molecule has 0 aliphatic carbocycles. The molecule has 0 bridgehead atoms. The number of benzene rings is 1. The molecule has 1 aromatic rings. The van der Waals surface area contributed by atoms with E-state index in [9.17, 15) is 9.90 Å². The molecule has 0 heterocycles. The van der Waals surface area contributed by atoms with E-state index in [0.29, 0.717) is 18.7 Å². The number of hydrogen-bond acceptors (Lipinski definition) is 3. The molecule has 0 radical (unpaired) electrons. The molecule has 0 atom stereocenters. The molecule has 4 nitrogen and oxygen atoms in total. The summed E-state index contributed by atoms with van der Waals surface area (Å²) in [6.45, 7) is 6.75. The zero-order valence-corrected chi connectivity index (χ0v) is 11.6. The van der Waals surface area contributed by atoms with Crippen molar-refractivity contribution in [3.05, 3.63) is 23.2 Å². The highest BCUT2D eigenvalue weighted by molar-refractivity contribution is 6.32. The minimum atomic E-state index is -0.0893. The zero-order valence-electron chi connectivity index (χ0n) is 10.9. The van der Waals surface area contributed by atoms with Crippen molar-refractivity contribution in [3.8, 4) is 5.75 Å². The highest BCUT2D eigenvalue weighted by Crippen LogP contribution is 2.25. The van der Waals surface area contributed by atoms with Crippen molar-refractivity contribution >= 4 is 23.2 Å². The van der Waals surface area contributed by atoms with Crippen LogP contribution in [0.5, 0.6) is 5.75 Å². The summed E-state index contributed by atoms with van der Waals surface area (Å²) in [5, 5.41) is 15.4. The van der Waals surface area contributed by atoms with Crippen molar-refractivity contribution in [2.24, 2.45) is 0 Å². The van der Waals surface area contributed by atoms with Crippen molar-refractivity contribution in [1.82, 2.24) is 5.32 Å². The third-order valence-electron chi connectivity index (χ3n) is 2.24. The molecule has 0 aliphatic rings. The second kappa shape index (κ2) is 6.07. The molecule has 0 fully saturated rings. The lowest BCUT2D eigenvalue weighted by Gasteiger charge is -2.20. The van der Waals surface area contributed by atoms with Crippen LogP contribution in [0.25, 0.3) is 0 Å². The number of carbonyl (C=O) groups excluding carboxylic acids is 1. The Hall–Kier alpha value is -1.26. The van der Waals surface area contributed by atoms with Gasteiger partial charge in [0.1, 0.15) is 5.75 Å². The number of phenols is 1. The third kappa shape index (κ3) is 5.38. The van der Waals surface area contributed by atoms with Crippen LogP contribution in [0.3, 0.4) is 0 Å². The fourth-order valence-corrected chi connectivity index (χ4v) is 1.54. The SMILES string of the molecule is CC(C)(C)NCCC(=O)Nc1ccc(O)c(Cl)c1. The van der Waals surface area contributed by atoms with Crippen LogP contribution in [0.2, 0.25) is 5.02 Å². The quantitative estimate of drug-likeness (QED) is 0.738. The van der Waals surface area contributed by atoms with Crippen molar-refractivity contribution < 1.29 is 9.90 Å². The van der Waals surface area contributed by atoms with Crippen LogP contribution in [0.1, 0.15) is 27.2 Å². The van der Waals surface area contributed by atoms with E-state index in [0.717, 1.165) is 0 Å². The minimum absolute atomic E-state index is 0.00211.